The fourth-order valence-electron chi connectivity index (χ4n) is 2.55. The molecule has 110 valence electrons. The van der Waals surface area contributed by atoms with Gasteiger partial charge < -0.3 is 15.4 Å². The van der Waals surface area contributed by atoms with E-state index in [0.29, 0.717) is 18.3 Å². The molecule has 0 radical (unpaired) electrons. The van der Waals surface area contributed by atoms with E-state index in [0.717, 1.165) is 50.5 Å². The number of alkyl halides is 1. The lowest BCUT2D eigenvalue weighted by atomic mass is 10.2. The van der Waals surface area contributed by atoms with Gasteiger partial charge in [0.15, 0.2) is 0 Å². The summed E-state index contributed by atoms with van der Waals surface area (Å²) >= 11 is 0. The lowest BCUT2D eigenvalue weighted by Gasteiger charge is -2.35. The Kier molecular flexibility index (Phi) is 3.96. The van der Waals surface area contributed by atoms with Crippen LogP contribution >= 0.6 is 0 Å². The Morgan fingerprint density at radius 3 is 2.55 bits per heavy atom. The predicted octanol–water partition coefficient (Wildman–Crippen LogP) is 1.90. The molecule has 1 aromatic carbocycles. The molecule has 1 saturated carbocycles. The van der Waals surface area contributed by atoms with Gasteiger partial charge in [-0.05, 0) is 31.0 Å². The molecule has 0 atom stereocenters. The van der Waals surface area contributed by atoms with Crippen molar-refractivity contribution in [3.63, 3.8) is 0 Å². The molecule has 2 aliphatic rings. The average molecular weight is 279 g/mol. The number of anilines is 2. The maximum Gasteiger partial charge on any atom is 0.142 e. The van der Waals surface area contributed by atoms with Crippen molar-refractivity contribution in [1.82, 2.24) is 4.90 Å². The van der Waals surface area contributed by atoms with Crippen LogP contribution in [-0.2, 0) is 0 Å². The first kappa shape index (κ1) is 13.5. The summed E-state index contributed by atoms with van der Waals surface area (Å²) in [6.07, 6.45) is 2.64. The molecule has 0 spiro atoms. The minimum Gasteiger partial charge on any atom is -0.488 e. The number of piperazine rings is 1. The number of hydrogen-bond donors (Lipinski definition) is 1. The minimum atomic E-state index is -0.264. The molecule has 2 fully saturated rings. The lowest BCUT2D eigenvalue weighted by molar-refractivity contribution is 0.235. The van der Waals surface area contributed by atoms with Crippen LogP contribution in [0.4, 0.5) is 15.8 Å². The van der Waals surface area contributed by atoms with Crippen molar-refractivity contribution in [2.75, 3.05) is 50.0 Å². The van der Waals surface area contributed by atoms with Crippen molar-refractivity contribution in [3.05, 3.63) is 18.2 Å². The molecular formula is C15H22FN3O. The van der Waals surface area contributed by atoms with Gasteiger partial charge >= 0.3 is 0 Å². The van der Waals surface area contributed by atoms with E-state index in [-0.39, 0.29) is 6.67 Å². The summed E-state index contributed by atoms with van der Waals surface area (Å²) in [5.74, 6) is 0.798. The van der Waals surface area contributed by atoms with E-state index in [4.69, 9.17) is 10.5 Å². The third-order valence-corrected chi connectivity index (χ3v) is 3.95. The van der Waals surface area contributed by atoms with Crippen LogP contribution in [0.1, 0.15) is 12.8 Å². The van der Waals surface area contributed by atoms with Crippen LogP contribution < -0.4 is 15.4 Å². The standard InChI is InChI=1S/C15H22FN3O/c16-5-6-18-7-9-19(10-8-18)12-1-4-15(14(17)11-12)20-13-2-3-13/h1,4,11,13H,2-3,5-10,17H2. The van der Waals surface area contributed by atoms with Crippen LogP contribution in [0.15, 0.2) is 18.2 Å². The van der Waals surface area contributed by atoms with Gasteiger partial charge in [0.25, 0.3) is 0 Å². The normalized spacial score (nSPS) is 20.1. The second kappa shape index (κ2) is 5.87. The highest BCUT2D eigenvalue weighted by Crippen LogP contribution is 2.33. The molecular weight excluding hydrogens is 257 g/mol. The monoisotopic (exact) mass is 279 g/mol. The summed E-state index contributed by atoms with van der Waals surface area (Å²) in [6.45, 7) is 3.93. The van der Waals surface area contributed by atoms with E-state index in [1.54, 1.807) is 0 Å². The quantitative estimate of drug-likeness (QED) is 0.836. The first-order chi connectivity index (χ1) is 9.76. The predicted molar refractivity (Wildman–Crippen MR) is 79.1 cm³/mol. The van der Waals surface area contributed by atoms with Gasteiger partial charge in [0.2, 0.25) is 0 Å². The van der Waals surface area contributed by atoms with Crippen molar-refractivity contribution < 1.29 is 9.13 Å². The lowest BCUT2D eigenvalue weighted by Crippen LogP contribution is -2.47. The molecule has 0 amide bonds. The van der Waals surface area contributed by atoms with Gasteiger partial charge in [-0.3, -0.25) is 4.90 Å². The van der Waals surface area contributed by atoms with E-state index in [1.165, 1.54) is 0 Å². The molecule has 1 heterocycles. The SMILES string of the molecule is Nc1cc(N2CCN(CCF)CC2)ccc1OC1CC1. The molecule has 3 rings (SSSR count). The zero-order valence-electron chi connectivity index (χ0n) is 11.7. The van der Waals surface area contributed by atoms with Crippen LogP contribution in [0, 0.1) is 0 Å². The van der Waals surface area contributed by atoms with Gasteiger partial charge in [0.1, 0.15) is 12.4 Å². The van der Waals surface area contributed by atoms with Crippen molar-refractivity contribution in [1.29, 1.82) is 0 Å². The van der Waals surface area contributed by atoms with Gasteiger partial charge in [0, 0.05) is 38.4 Å². The van der Waals surface area contributed by atoms with Gasteiger partial charge in [-0.25, -0.2) is 4.39 Å². The second-order valence-corrected chi connectivity index (χ2v) is 5.56. The highest BCUT2D eigenvalue weighted by Gasteiger charge is 2.24. The van der Waals surface area contributed by atoms with Crippen LogP contribution in [0.5, 0.6) is 5.75 Å². The zero-order valence-corrected chi connectivity index (χ0v) is 11.7. The zero-order chi connectivity index (χ0) is 13.9. The van der Waals surface area contributed by atoms with E-state index in [2.05, 4.69) is 15.9 Å². The topological polar surface area (TPSA) is 41.7 Å². The van der Waals surface area contributed by atoms with E-state index in [1.807, 2.05) is 12.1 Å². The summed E-state index contributed by atoms with van der Waals surface area (Å²) in [4.78, 5) is 4.45. The van der Waals surface area contributed by atoms with Gasteiger partial charge in [-0.15, -0.1) is 0 Å². The summed E-state index contributed by atoms with van der Waals surface area (Å²) < 4.78 is 18.1. The molecule has 0 bridgehead atoms. The van der Waals surface area contributed by atoms with Crippen molar-refractivity contribution in [3.8, 4) is 5.75 Å². The fraction of sp³-hybridized carbons (Fsp3) is 0.600. The average Bonchev–Trinajstić information content (AvgIpc) is 3.26. The minimum absolute atomic E-state index is 0.264. The number of nitrogens with two attached hydrogens (primary N) is 1. The molecule has 0 unspecified atom stereocenters. The van der Waals surface area contributed by atoms with E-state index in [9.17, 15) is 4.39 Å². The molecule has 1 aliphatic heterocycles. The Balaban J connectivity index is 1.61. The summed E-state index contributed by atoms with van der Waals surface area (Å²) in [5, 5.41) is 0. The number of benzene rings is 1. The smallest absolute Gasteiger partial charge is 0.142 e. The molecule has 4 nitrogen and oxygen atoms in total. The number of ether oxygens (including phenoxy) is 1. The van der Waals surface area contributed by atoms with Crippen molar-refractivity contribution in [2.24, 2.45) is 0 Å². The van der Waals surface area contributed by atoms with Crippen LogP contribution in [0.3, 0.4) is 0 Å². The molecule has 1 aliphatic carbocycles. The van der Waals surface area contributed by atoms with Crippen molar-refractivity contribution in [2.45, 2.75) is 18.9 Å². The molecule has 0 aromatic heterocycles. The second-order valence-electron chi connectivity index (χ2n) is 5.56. The third-order valence-electron chi connectivity index (χ3n) is 3.95. The fourth-order valence-corrected chi connectivity index (χ4v) is 2.55. The Bertz CT molecular complexity index is 456. The van der Waals surface area contributed by atoms with Gasteiger partial charge in [-0.1, -0.05) is 0 Å². The Morgan fingerprint density at radius 2 is 1.95 bits per heavy atom. The molecule has 5 heteroatoms. The molecule has 1 aromatic rings. The highest BCUT2D eigenvalue weighted by atomic mass is 19.1. The number of hydrogen-bond acceptors (Lipinski definition) is 4. The van der Waals surface area contributed by atoms with Crippen molar-refractivity contribution >= 4 is 11.4 Å². The number of halogens is 1. The van der Waals surface area contributed by atoms with E-state index < -0.39 is 0 Å². The van der Waals surface area contributed by atoms with Gasteiger partial charge in [0.05, 0.1) is 11.8 Å². The van der Waals surface area contributed by atoms with Gasteiger partial charge in [-0.2, -0.15) is 0 Å². The Morgan fingerprint density at radius 1 is 1.20 bits per heavy atom. The molecule has 20 heavy (non-hydrogen) atoms. The van der Waals surface area contributed by atoms with Crippen LogP contribution in [0.2, 0.25) is 0 Å². The van der Waals surface area contributed by atoms with Crippen LogP contribution in [0.25, 0.3) is 0 Å². The van der Waals surface area contributed by atoms with Crippen LogP contribution in [-0.4, -0.2) is 50.4 Å². The molecule has 1 saturated heterocycles. The first-order valence-corrected chi connectivity index (χ1v) is 7.36. The number of nitrogen functional groups attached to an aromatic ring is 1. The summed E-state index contributed by atoms with van der Waals surface area (Å²) in [7, 11) is 0. The largest absolute Gasteiger partial charge is 0.488 e. The third kappa shape index (κ3) is 3.15. The number of rotatable bonds is 5. The highest BCUT2D eigenvalue weighted by molar-refractivity contribution is 5.63. The molecule has 2 N–H and O–H groups in total. The first-order valence-electron chi connectivity index (χ1n) is 7.36. The summed E-state index contributed by atoms with van der Waals surface area (Å²) in [6, 6.07) is 6.03. The number of nitrogens with zero attached hydrogens (tertiary/aromatic N) is 2. The Labute approximate surface area is 119 Å². The maximum absolute atomic E-state index is 12.3. The maximum atomic E-state index is 12.3. The summed E-state index contributed by atoms with van der Waals surface area (Å²) in [5.41, 5.74) is 7.91. The Hall–Kier alpha value is -1.49. The van der Waals surface area contributed by atoms with E-state index >= 15 is 0 Å².